The molecular weight excluding hydrogens is 380 g/mol. The number of ether oxygens (including phenoxy) is 2. The van der Waals surface area contributed by atoms with Crippen LogP contribution in [0.15, 0.2) is 78.9 Å². The topological polar surface area (TPSA) is 76.7 Å². The fourth-order valence-corrected chi connectivity index (χ4v) is 2.83. The van der Waals surface area contributed by atoms with Crippen LogP contribution in [-0.4, -0.2) is 25.5 Å². The molecule has 0 fully saturated rings. The zero-order valence-electron chi connectivity index (χ0n) is 16.8. The highest BCUT2D eigenvalue weighted by molar-refractivity contribution is 5.97. The summed E-state index contributed by atoms with van der Waals surface area (Å²) in [6.07, 6.45) is 0. The maximum absolute atomic E-state index is 12.6. The molecule has 0 saturated carbocycles. The van der Waals surface area contributed by atoms with E-state index in [1.165, 1.54) is 0 Å². The van der Waals surface area contributed by atoms with Gasteiger partial charge in [-0.1, -0.05) is 54.6 Å². The molecule has 0 spiro atoms. The Bertz CT molecular complexity index is 989. The van der Waals surface area contributed by atoms with E-state index in [2.05, 4.69) is 10.6 Å². The molecule has 3 aromatic carbocycles. The maximum Gasteiger partial charge on any atom is 0.258 e. The minimum atomic E-state index is -0.280. The smallest absolute Gasteiger partial charge is 0.258 e. The molecule has 6 nitrogen and oxygen atoms in total. The second-order valence-corrected chi connectivity index (χ2v) is 6.58. The van der Waals surface area contributed by atoms with Gasteiger partial charge in [0.15, 0.2) is 6.61 Å². The van der Waals surface area contributed by atoms with Gasteiger partial charge >= 0.3 is 0 Å². The summed E-state index contributed by atoms with van der Waals surface area (Å²) < 4.78 is 10.8. The van der Waals surface area contributed by atoms with Crippen LogP contribution < -0.4 is 20.1 Å². The first-order valence-corrected chi connectivity index (χ1v) is 9.59. The maximum atomic E-state index is 12.6. The predicted molar refractivity (Wildman–Crippen MR) is 114 cm³/mol. The summed E-state index contributed by atoms with van der Waals surface area (Å²) in [5.74, 6) is 0.552. The normalized spacial score (nSPS) is 10.2. The van der Waals surface area contributed by atoms with Crippen LogP contribution in [-0.2, 0) is 17.9 Å². The third-order valence-corrected chi connectivity index (χ3v) is 4.41. The molecule has 0 aliphatic carbocycles. The minimum absolute atomic E-state index is 0.188. The van der Waals surface area contributed by atoms with E-state index in [9.17, 15) is 9.59 Å². The first kappa shape index (κ1) is 20.9. The largest absolute Gasteiger partial charge is 0.497 e. The van der Waals surface area contributed by atoms with Crippen molar-refractivity contribution in [2.45, 2.75) is 13.1 Å². The number of carbonyl (C=O) groups excluding carboxylic acids is 2. The van der Waals surface area contributed by atoms with Crippen LogP contribution in [0.25, 0.3) is 0 Å². The van der Waals surface area contributed by atoms with Crippen LogP contribution in [0.1, 0.15) is 21.5 Å². The van der Waals surface area contributed by atoms with Crippen molar-refractivity contribution in [3.63, 3.8) is 0 Å². The Hall–Kier alpha value is -3.80. The summed E-state index contributed by atoms with van der Waals surface area (Å²) in [7, 11) is 1.60. The number of methoxy groups -OCH3 is 1. The summed E-state index contributed by atoms with van der Waals surface area (Å²) in [6, 6.07) is 24.0. The van der Waals surface area contributed by atoms with Crippen molar-refractivity contribution < 1.29 is 19.1 Å². The number of amides is 2. The van der Waals surface area contributed by atoms with Crippen molar-refractivity contribution >= 4 is 11.8 Å². The lowest BCUT2D eigenvalue weighted by atomic mass is 10.1. The SMILES string of the molecule is COc1cccc(CNC(=O)COc2ccccc2C(=O)NCc2ccccc2)c1. The molecule has 0 heterocycles. The summed E-state index contributed by atoms with van der Waals surface area (Å²) >= 11 is 0. The highest BCUT2D eigenvalue weighted by Gasteiger charge is 2.13. The molecule has 0 saturated heterocycles. The van der Waals surface area contributed by atoms with E-state index in [0.29, 0.717) is 24.4 Å². The quantitative estimate of drug-likeness (QED) is 0.574. The van der Waals surface area contributed by atoms with Crippen LogP contribution in [0.2, 0.25) is 0 Å². The second-order valence-electron chi connectivity index (χ2n) is 6.58. The van der Waals surface area contributed by atoms with Crippen LogP contribution in [0.5, 0.6) is 11.5 Å². The standard InChI is InChI=1S/C24H24N2O4/c1-29-20-11-7-10-19(14-20)16-25-23(27)17-30-22-13-6-5-12-21(22)24(28)26-15-18-8-3-2-4-9-18/h2-14H,15-17H2,1H3,(H,25,27)(H,26,28). The van der Waals surface area contributed by atoms with Crippen molar-refractivity contribution in [2.24, 2.45) is 0 Å². The molecule has 0 bridgehead atoms. The Morgan fingerprint density at radius 2 is 1.50 bits per heavy atom. The van der Waals surface area contributed by atoms with E-state index < -0.39 is 0 Å². The minimum Gasteiger partial charge on any atom is -0.497 e. The lowest BCUT2D eigenvalue weighted by molar-refractivity contribution is -0.123. The number of benzene rings is 3. The lowest BCUT2D eigenvalue weighted by Gasteiger charge is -2.12. The molecule has 0 radical (unpaired) electrons. The zero-order valence-corrected chi connectivity index (χ0v) is 16.8. The van der Waals surface area contributed by atoms with E-state index in [-0.39, 0.29) is 18.4 Å². The molecule has 0 aliphatic heterocycles. The van der Waals surface area contributed by atoms with Crippen molar-refractivity contribution in [3.05, 3.63) is 95.6 Å². The van der Waals surface area contributed by atoms with Crippen LogP contribution >= 0.6 is 0 Å². The number of hydrogen-bond donors (Lipinski definition) is 2. The van der Waals surface area contributed by atoms with E-state index >= 15 is 0 Å². The van der Waals surface area contributed by atoms with Crippen molar-refractivity contribution in [1.29, 1.82) is 0 Å². The molecule has 3 rings (SSSR count). The third-order valence-electron chi connectivity index (χ3n) is 4.41. The molecule has 2 amide bonds. The molecule has 6 heteroatoms. The average Bonchev–Trinajstić information content (AvgIpc) is 2.81. The van der Waals surface area contributed by atoms with Gasteiger partial charge in [0.05, 0.1) is 12.7 Å². The fourth-order valence-electron chi connectivity index (χ4n) is 2.83. The Labute approximate surface area is 175 Å². The molecule has 0 atom stereocenters. The number of nitrogens with one attached hydrogen (secondary N) is 2. The van der Waals surface area contributed by atoms with E-state index in [1.54, 1.807) is 31.4 Å². The van der Waals surface area contributed by atoms with Gasteiger partial charge in [-0.15, -0.1) is 0 Å². The molecule has 3 aromatic rings. The molecule has 154 valence electrons. The van der Waals surface area contributed by atoms with Gasteiger partial charge in [0, 0.05) is 13.1 Å². The van der Waals surface area contributed by atoms with Gasteiger partial charge in [-0.2, -0.15) is 0 Å². The summed E-state index contributed by atoms with van der Waals surface area (Å²) in [5.41, 5.74) is 2.30. The van der Waals surface area contributed by atoms with Gasteiger partial charge in [-0.05, 0) is 35.4 Å². The number of carbonyl (C=O) groups is 2. The van der Waals surface area contributed by atoms with Gasteiger partial charge in [0.1, 0.15) is 11.5 Å². The highest BCUT2D eigenvalue weighted by Crippen LogP contribution is 2.18. The van der Waals surface area contributed by atoms with Gasteiger partial charge in [-0.3, -0.25) is 9.59 Å². The molecule has 0 aliphatic rings. The number of rotatable bonds is 9. The fraction of sp³-hybridized carbons (Fsp3) is 0.167. The Balaban J connectivity index is 1.52. The van der Waals surface area contributed by atoms with Crippen LogP contribution in [0.3, 0.4) is 0 Å². The van der Waals surface area contributed by atoms with Gasteiger partial charge in [0.25, 0.3) is 11.8 Å². The van der Waals surface area contributed by atoms with Crippen LogP contribution in [0.4, 0.5) is 0 Å². The van der Waals surface area contributed by atoms with Crippen molar-refractivity contribution in [2.75, 3.05) is 13.7 Å². The van der Waals surface area contributed by atoms with Gasteiger partial charge in [0.2, 0.25) is 0 Å². The van der Waals surface area contributed by atoms with Crippen molar-refractivity contribution in [3.8, 4) is 11.5 Å². The Morgan fingerprint density at radius 3 is 2.30 bits per heavy atom. The summed E-state index contributed by atoms with van der Waals surface area (Å²) in [6.45, 7) is 0.584. The van der Waals surface area contributed by atoms with E-state index in [1.807, 2.05) is 54.6 Å². The Kier molecular flexibility index (Phi) is 7.44. The number of hydrogen-bond acceptors (Lipinski definition) is 4. The van der Waals surface area contributed by atoms with Crippen LogP contribution in [0, 0.1) is 0 Å². The molecule has 30 heavy (non-hydrogen) atoms. The third kappa shape index (κ3) is 6.10. The number of para-hydroxylation sites is 1. The zero-order chi connectivity index (χ0) is 21.2. The first-order chi connectivity index (χ1) is 14.7. The monoisotopic (exact) mass is 404 g/mol. The summed E-state index contributed by atoms with van der Waals surface area (Å²) in [4.78, 5) is 24.7. The van der Waals surface area contributed by atoms with Crippen molar-refractivity contribution in [1.82, 2.24) is 10.6 Å². The first-order valence-electron chi connectivity index (χ1n) is 9.59. The molecule has 2 N–H and O–H groups in total. The molecule has 0 aromatic heterocycles. The highest BCUT2D eigenvalue weighted by atomic mass is 16.5. The summed E-state index contributed by atoms with van der Waals surface area (Å²) in [5, 5.41) is 5.67. The Morgan fingerprint density at radius 1 is 0.800 bits per heavy atom. The molecular formula is C24H24N2O4. The molecule has 0 unspecified atom stereocenters. The van der Waals surface area contributed by atoms with Gasteiger partial charge in [-0.25, -0.2) is 0 Å². The van der Waals surface area contributed by atoms with E-state index in [4.69, 9.17) is 9.47 Å². The second kappa shape index (κ2) is 10.7. The van der Waals surface area contributed by atoms with E-state index in [0.717, 1.165) is 16.9 Å². The lowest BCUT2D eigenvalue weighted by Crippen LogP contribution is -2.29. The average molecular weight is 404 g/mol. The predicted octanol–water partition coefficient (Wildman–Crippen LogP) is 3.32. The van der Waals surface area contributed by atoms with Gasteiger partial charge < -0.3 is 20.1 Å².